The summed E-state index contributed by atoms with van der Waals surface area (Å²) in [6, 6.07) is 1.48. The summed E-state index contributed by atoms with van der Waals surface area (Å²) in [5.74, 6) is 1.85. The number of hydrogen-bond donors (Lipinski definition) is 1. The molecule has 1 heterocycles. The van der Waals surface area contributed by atoms with Crippen molar-refractivity contribution in [3.63, 3.8) is 0 Å². The van der Waals surface area contributed by atoms with Crippen molar-refractivity contribution >= 4 is 8.07 Å². The van der Waals surface area contributed by atoms with E-state index in [1.165, 1.54) is 95.9 Å². The third kappa shape index (κ3) is 8.44. The number of rotatable bonds is 11. The minimum atomic E-state index is -0.884. The predicted octanol–water partition coefficient (Wildman–Crippen LogP) is 6.04. The standard InChI is InChI=1S/C23H47NOSi/c1-26(2,3)20-10-9-17-23(24,22-14-18-25-19-15-22)16-8-7-13-21-11-5-4-6-12-21/h21-22H,4-20,24H2,1-3H3/p+1. The van der Waals surface area contributed by atoms with Gasteiger partial charge in [0, 0.05) is 40.0 Å². The van der Waals surface area contributed by atoms with E-state index < -0.39 is 8.07 Å². The van der Waals surface area contributed by atoms with Gasteiger partial charge in [-0.1, -0.05) is 77.1 Å². The van der Waals surface area contributed by atoms with Gasteiger partial charge in [0.05, 0.1) is 5.54 Å². The highest BCUT2D eigenvalue weighted by Crippen LogP contribution is 2.34. The van der Waals surface area contributed by atoms with E-state index in [0.29, 0.717) is 5.54 Å². The number of ether oxygens (including phenoxy) is 1. The summed E-state index contributed by atoms with van der Waals surface area (Å²) >= 11 is 0. The molecule has 154 valence electrons. The van der Waals surface area contributed by atoms with Crippen molar-refractivity contribution in [1.29, 1.82) is 0 Å². The van der Waals surface area contributed by atoms with Crippen molar-refractivity contribution in [3.05, 3.63) is 0 Å². The lowest BCUT2D eigenvalue weighted by Gasteiger charge is -2.37. The van der Waals surface area contributed by atoms with Crippen molar-refractivity contribution in [2.75, 3.05) is 13.2 Å². The van der Waals surface area contributed by atoms with Crippen LogP contribution in [0.2, 0.25) is 25.7 Å². The normalized spacial score (nSPS) is 23.1. The molecule has 0 spiro atoms. The van der Waals surface area contributed by atoms with Gasteiger partial charge in [-0.05, 0) is 31.6 Å². The zero-order chi connectivity index (χ0) is 18.9. The highest BCUT2D eigenvalue weighted by atomic mass is 28.3. The number of hydrogen-bond acceptors (Lipinski definition) is 1. The van der Waals surface area contributed by atoms with Gasteiger partial charge in [0.1, 0.15) is 0 Å². The molecule has 1 saturated heterocycles. The second-order valence-electron chi connectivity index (χ2n) is 10.8. The molecule has 1 aliphatic heterocycles. The minimum absolute atomic E-state index is 0.329. The van der Waals surface area contributed by atoms with Gasteiger partial charge < -0.3 is 10.5 Å². The molecule has 2 aliphatic rings. The third-order valence-corrected chi connectivity index (χ3v) is 9.05. The smallest absolute Gasteiger partial charge is 0.0975 e. The number of quaternary nitrogens is 1. The molecule has 1 atom stereocenters. The second-order valence-corrected chi connectivity index (χ2v) is 16.4. The molecule has 2 fully saturated rings. The summed E-state index contributed by atoms with van der Waals surface area (Å²) in [7, 11) is -0.884. The molecule has 0 aromatic carbocycles. The lowest BCUT2D eigenvalue weighted by molar-refractivity contribution is -0.499. The topological polar surface area (TPSA) is 36.9 Å². The van der Waals surface area contributed by atoms with Gasteiger partial charge in [0.15, 0.2) is 0 Å². The Morgan fingerprint density at radius 2 is 1.46 bits per heavy atom. The van der Waals surface area contributed by atoms with Crippen LogP contribution in [0.3, 0.4) is 0 Å². The second kappa shape index (κ2) is 11.2. The van der Waals surface area contributed by atoms with Crippen molar-refractivity contribution in [2.45, 2.75) is 121 Å². The van der Waals surface area contributed by atoms with Crippen molar-refractivity contribution in [2.24, 2.45) is 11.8 Å². The summed E-state index contributed by atoms with van der Waals surface area (Å²) in [5, 5.41) is 0. The molecule has 0 aromatic rings. The maximum Gasteiger partial charge on any atom is 0.0975 e. The van der Waals surface area contributed by atoms with E-state index >= 15 is 0 Å². The maximum absolute atomic E-state index is 5.65. The molecule has 0 bridgehead atoms. The fraction of sp³-hybridized carbons (Fsp3) is 1.00. The Morgan fingerprint density at radius 3 is 2.08 bits per heavy atom. The zero-order valence-electron chi connectivity index (χ0n) is 18.3. The molecule has 1 unspecified atom stereocenters. The lowest BCUT2D eigenvalue weighted by Crippen LogP contribution is -2.76. The van der Waals surface area contributed by atoms with Crippen molar-refractivity contribution < 1.29 is 10.5 Å². The van der Waals surface area contributed by atoms with E-state index in [-0.39, 0.29) is 0 Å². The Labute approximate surface area is 165 Å². The maximum atomic E-state index is 5.65. The van der Waals surface area contributed by atoms with Crippen LogP contribution in [-0.4, -0.2) is 26.8 Å². The quantitative estimate of drug-likeness (QED) is 0.343. The highest BCUT2D eigenvalue weighted by Gasteiger charge is 2.38. The van der Waals surface area contributed by atoms with Gasteiger partial charge in [0.25, 0.3) is 0 Å². The van der Waals surface area contributed by atoms with Crippen LogP contribution < -0.4 is 5.73 Å². The Hall–Kier alpha value is 0.137. The molecule has 1 aliphatic carbocycles. The van der Waals surface area contributed by atoms with Crippen molar-refractivity contribution in [1.82, 2.24) is 0 Å². The van der Waals surface area contributed by atoms with Gasteiger partial charge in [-0.2, -0.15) is 0 Å². The van der Waals surface area contributed by atoms with E-state index in [1.54, 1.807) is 0 Å². The molecule has 1 saturated carbocycles. The molecular formula is C23H48NOSi+. The molecular weight excluding hydrogens is 334 g/mol. The van der Waals surface area contributed by atoms with Crippen LogP contribution in [0.1, 0.15) is 89.9 Å². The van der Waals surface area contributed by atoms with E-state index in [9.17, 15) is 0 Å². The van der Waals surface area contributed by atoms with Gasteiger partial charge in [-0.15, -0.1) is 0 Å². The SMILES string of the molecule is C[Si](C)(C)CCCCC([NH3+])(CCCCC1CCCCC1)C1CCOCC1. The van der Waals surface area contributed by atoms with Crippen LogP contribution in [0.4, 0.5) is 0 Å². The fourth-order valence-electron chi connectivity index (χ4n) is 5.36. The average Bonchev–Trinajstić information content (AvgIpc) is 2.63. The molecule has 0 aromatic heterocycles. The first-order valence-electron chi connectivity index (χ1n) is 11.8. The lowest BCUT2D eigenvalue weighted by atomic mass is 9.73. The first-order valence-corrected chi connectivity index (χ1v) is 15.5. The molecule has 0 amide bonds. The largest absolute Gasteiger partial charge is 0.381 e. The average molecular weight is 383 g/mol. The Bertz CT molecular complexity index is 369. The first kappa shape index (κ1) is 22.4. The molecule has 3 N–H and O–H groups in total. The highest BCUT2D eigenvalue weighted by molar-refractivity contribution is 6.76. The van der Waals surface area contributed by atoms with E-state index in [4.69, 9.17) is 10.5 Å². The van der Waals surface area contributed by atoms with E-state index in [1.807, 2.05) is 0 Å². The van der Waals surface area contributed by atoms with Crippen LogP contribution in [0, 0.1) is 11.8 Å². The van der Waals surface area contributed by atoms with Gasteiger partial charge >= 0.3 is 0 Å². The summed E-state index contributed by atoms with van der Waals surface area (Å²) < 4.78 is 5.65. The third-order valence-electron chi connectivity index (χ3n) is 7.20. The van der Waals surface area contributed by atoms with Crippen LogP contribution in [0.15, 0.2) is 0 Å². The molecule has 2 nitrogen and oxygen atoms in total. The number of unbranched alkanes of at least 4 members (excludes halogenated alkanes) is 2. The first-order chi connectivity index (χ1) is 12.4. The van der Waals surface area contributed by atoms with Gasteiger partial charge in [-0.3, -0.25) is 0 Å². The fourth-order valence-corrected chi connectivity index (χ4v) is 6.67. The summed E-state index contributed by atoms with van der Waals surface area (Å²) in [4.78, 5) is 0. The predicted molar refractivity (Wildman–Crippen MR) is 116 cm³/mol. The van der Waals surface area contributed by atoms with Crippen molar-refractivity contribution in [3.8, 4) is 0 Å². The van der Waals surface area contributed by atoms with Crippen LogP contribution in [0.5, 0.6) is 0 Å². The Balaban J connectivity index is 1.75. The Kier molecular flexibility index (Phi) is 9.67. The van der Waals surface area contributed by atoms with Crippen LogP contribution >= 0.6 is 0 Å². The van der Waals surface area contributed by atoms with E-state index in [2.05, 4.69) is 19.6 Å². The summed E-state index contributed by atoms with van der Waals surface area (Å²) in [6.45, 7) is 9.47. The van der Waals surface area contributed by atoms with Crippen LogP contribution in [0.25, 0.3) is 0 Å². The summed E-state index contributed by atoms with van der Waals surface area (Å²) in [5.41, 5.74) is 5.20. The van der Waals surface area contributed by atoms with Crippen LogP contribution in [-0.2, 0) is 4.74 Å². The molecule has 3 heteroatoms. The molecule has 0 radical (unpaired) electrons. The Morgan fingerprint density at radius 1 is 0.846 bits per heavy atom. The van der Waals surface area contributed by atoms with Gasteiger partial charge in [0.2, 0.25) is 0 Å². The zero-order valence-corrected chi connectivity index (χ0v) is 19.3. The molecule has 26 heavy (non-hydrogen) atoms. The van der Waals surface area contributed by atoms with E-state index in [0.717, 1.165) is 25.0 Å². The monoisotopic (exact) mass is 382 g/mol. The summed E-state index contributed by atoms with van der Waals surface area (Å²) in [6.07, 6.45) is 19.9. The minimum Gasteiger partial charge on any atom is -0.381 e. The van der Waals surface area contributed by atoms with Gasteiger partial charge in [-0.25, -0.2) is 0 Å². The molecule has 2 rings (SSSR count).